The fourth-order valence-corrected chi connectivity index (χ4v) is 7.60. The van der Waals surface area contributed by atoms with Gasteiger partial charge in [-0.1, -0.05) is 0 Å². The van der Waals surface area contributed by atoms with Crippen LogP contribution in [0.1, 0.15) is 36.1 Å². The highest BCUT2D eigenvalue weighted by molar-refractivity contribution is 7.10. The molecule has 152 valence electrons. The summed E-state index contributed by atoms with van der Waals surface area (Å²) in [5.74, 6) is 1.49. The van der Waals surface area contributed by atoms with E-state index in [2.05, 4.69) is 21.7 Å². The molecule has 1 N–H and O–H groups in total. The maximum atomic E-state index is 6.47. The van der Waals surface area contributed by atoms with Crippen LogP contribution in [-0.4, -0.2) is 55.9 Å². The van der Waals surface area contributed by atoms with Crippen molar-refractivity contribution in [3.8, 4) is 0 Å². The van der Waals surface area contributed by atoms with E-state index in [0.717, 1.165) is 44.2 Å². The van der Waals surface area contributed by atoms with E-state index in [1.165, 1.54) is 43.9 Å². The van der Waals surface area contributed by atoms with Crippen molar-refractivity contribution in [2.75, 3.05) is 39.3 Å². The van der Waals surface area contributed by atoms with Crippen LogP contribution in [0.4, 0.5) is 0 Å². The van der Waals surface area contributed by atoms with Crippen LogP contribution in [0.5, 0.6) is 0 Å². The minimum absolute atomic E-state index is 0. The first kappa shape index (κ1) is 20.4. The van der Waals surface area contributed by atoms with Gasteiger partial charge < -0.3 is 19.7 Å². The third-order valence-electron chi connectivity index (χ3n) is 7.74. The van der Waals surface area contributed by atoms with E-state index in [9.17, 15) is 0 Å². The number of hydrogen-bond donors (Lipinski definition) is 1. The monoisotopic (exact) mass is 432 g/mol. The number of halogens is 2. The molecule has 0 aliphatic carbocycles. The van der Waals surface area contributed by atoms with Crippen LogP contribution in [0.2, 0.25) is 0 Å². The molecule has 0 saturated carbocycles. The van der Waals surface area contributed by atoms with E-state index in [0.29, 0.717) is 6.10 Å². The number of fused-ring (bicyclic) bond motifs is 3. The van der Waals surface area contributed by atoms with Crippen LogP contribution in [-0.2, 0) is 21.5 Å². The first-order valence-electron chi connectivity index (χ1n) is 10.1. The predicted molar refractivity (Wildman–Crippen MR) is 113 cm³/mol. The van der Waals surface area contributed by atoms with Gasteiger partial charge in [0, 0.05) is 49.4 Å². The summed E-state index contributed by atoms with van der Waals surface area (Å²) in [5, 5.41) is 5.86. The van der Waals surface area contributed by atoms with Crippen LogP contribution < -0.4 is 5.32 Å². The normalized spacial score (nSPS) is 38.9. The molecule has 27 heavy (non-hydrogen) atoms. The second kappa shape index (κ2) is 7.42. The minimum Gasteiger partial charge on any atom is -0.370 e. The van der Waals surface area contributed by atoms with Gasteiger partial charge in [-0.05, 0) is 49.1 Å². The van der Waals surface area contributed by atoms with Crippen molar-refractivity contribution in [1.29, 1.82) is 0 Å². The van der Waals surface area contributed by atoms with Gasteiger partial charge in [-0.2, -0.15) is 0 Å². The van der Waals surface area contributed by atoms with Gasteiger partial charge >= 0.3 is 0 Å². The van der Waals surface area contributed by atoms with Gasteiger partial charge in [0.05, 0.1) is 18.3 Å². The molecule has 1 aromatic heterocycles. The molecule has 0 unspecified atom stereocenters. The van der Waals surface area contributed by atoms with Crippen LogP contribution in [0, 0.1) is 11.8 Å². The zero-order valence-corrected chi connectivity index (χ0v) is 18.1. The van der Waals surface area contributed by atoms with Gasteiger partial charge in [-0.25, -0.2) is 0 Å². The highest BCUT2D eigenvalue weighted by Gasteiger charge is 2.61. The van der Waals surface area contributed by atoms with E-state index in [1.54, 1.807) is 5.56 Å². The number of thiophene rings is 1. The Morgan fingerprint density at radius 1 is 1.22 bits per heavy atom. The van der Waals surface area contributed by atoms with Crippen molar-refractivity contribution in [3.63, 3.8) is 0 Å². The van der Waals surface area contributed by atoms with Crippen molar-refractivity contribution < 1.29 is 9.47 Å². The second-order valence-electron chi connectivity index (χ2n) is 8.83. The van der Waals surface area contributed by atoms with Crippen LogP contribution in [0.25, 0.3) is 0 Å². The lowest BCUT2D eigenvalue weighted by Gasteiger charge is -2.45. The number of nitrogens with one attached hydrogen (secondary N) is 1. The molecule has 2 spiro atoms. The van der Waals surface area contributed by atoms with Crippen LogP contribution in [0.15, 0.2) is 11.4 Å². The highest BCUT2D eigenvalue weighted by Crippen LogP contribution is 2.53. The standard InChI is InChI=1S/C20H28N2O2S.2ClH/c1-4-20-13-21-11-16(20)15(17(1)24-20)12-22-7-5-19(6-8-22)18-14(2-9-23-19)3-10-25-18;;/h3,10,15-17,21H,1-2,4-9,11-13H2;2*1H/t15-,16-,17-,20-;;/m1../s1. The minimum atomic E-state index is 0. The summed E-state index contributed by atoms with van der Waals surface area (Å²) in [4.78, 5) is 4.23. The van der Waals surface area contributed by atoms with E-state index < -0.39 is 0 Å². The summed E-state index contributed by atoms with van der Waals surface area (Å²) < 4.78 is 12.8. The summed E-state index contributed by atoms with van der Waals surface area (Å²) in [6.07, 6.45) is 6.51. The van der Waals surface area contributed by atoms with Crippen LogP contribution in [0.3, 0.4) is 0 Å². The molecule has 5 aliphatic heterocycles. The smallest absolute Gasteiger partial charge is 0.105 e. The van der Waals surface area contributed by atoms with Crippen molar-refractivity contribution in [2.45, 2.75) is 49.4 Å². The van der Waals surface area contributed by atoms with E-state index >= 15 is 0 Å². The summed E-state index contributed by atoms with van der Waals surface area (Å²) >= 11 is 1.91. The number of rotatable bonds is 2. The Morgan fingerprint density at radius 3 is 2.93 bits per heavy atom. The van der Waals surface area contributed by atoms with E-state index in [1.807, 2.05) is 11.3 Å². The summed E-state index contributed by atoms with van der Waals surface area (Å²) in [6, 6.07) is 2.32. The Bertz CT molecular complexity index is 675. The first-order chi connectivity index (χ1) is 12.3. The lowest BCUT2D eigenvalue weighted by Crippen LogP contribution is -2.49. The zero-order chi connectivity index (χ0) is 16.5. The summed E-state index contributed by atoms with van der Waals surface area (Å²) in [5.41, 5.74) is 1.77. The molecule has 4 nitrogen and oxygen atoms in total. The Labute approximate surface area is 178 Å². The number of likely N-dealkylation sites (tertiary alicyclic amines) is 1. The van der Waals surface area contributed by atoms with Gasteiger partial charge in [0.2, 0.25) is 0 Å². The topological polar surface area (TPSA) is 33.7 Å². The molecule has 6 heterocycles. The molecule has 6 rings (SSSR count). The quantitative estimate of drug-likeness (QED) is 0.777. The third-order valence-corrected chi connectivity index (χ3v) is 8.88. The summed E-state index contributed by atoms with van der Waals surface area (Å²) in [7, 11) is 0. The van der Waals surface area contributed by atoms with E-state index in [4.69, 9.17) is 9.47 Å². The van der Waals surface area contributed by atoms with Crippen molar-refractivity contribution >= 4 is 36.2 Å². The average Bonchev–Trinajstić information content (AvgIpc) is 3.39. The van der Waals surface area contributed by atoms with Crippen molar-refractivity contribution in [1.82, 2.24) is 10.2 Å². The number of ether oxygens (including phenoxy) is 2. The third kappa shape index (κ3) is 3.00. The molecule has 2 bridgehead atoms. The van der Waals surface area contributed by atoms with Gasteiger partial charge in [-0.15, -0.1) is 36.2 Å². The Balaban J connectivity index is 0.000000900. The maximum absolute atomic E-state index is 6.47. The van der Waals surface area contributed by atoms with Gasteiger partial charge in [-0.3, -0.25) is 0 Å². The molecule has 7 heteroatoms. The maximum Gasteiger partial charge on any atom is 0.105 e. The lowest BCUT2D eigenvalue weighted by atomic mass is 9.73. The largest absolute Gasteiger partial charge is 0.370 e. The van der Waals surface area contributed by atoms with Crippen molar-refractivity contribution in [2.24, 2.45) is 11.8 Å². The first-order valence-corrected chi connectivity index (χ1v) is 11.0. The SMILES string of the molecule is Cl.Cl.c1cc2c(s1)C1(CCN(C[C@@H]3[C@H]4CNC[C@]45CC[C@H]3O5)CC1)OCC2. The van der Waals surface area contributed by atoms with Gasteiger partial charge in [0.15, 0.2) is 0 Å². The van der Waals surface area contributed by atoms with Gasteiger partial charge in [0.25, 0.3) is 0 Å². The summed E-state index contributed by atoms with van der Waals surface area (Å²) in [6.45, 7) is 6.73. The van der Waals surface area contributed by atoms with Crippen molar-refractivity contribution in [3.05, 3.63) is 21.9 Å². The molecular formula is C20H30Cl2N2O2S. The second-order valence-corrected chi connectivity index (χ2v) is 9.75. The average molecular weight is 433 g/mol. The number of nitrogens with zero attached hydrogens (tertiary/aromatic N) is 1. The number of hydrogen-bond acceptors (Lipinski definition) is 5. The Morgan fingerprint density at radius 2 is 2.07 bits per heavy atom. The molecule has 4 atom stereocenters. The highest BCUT2D eigenvalue weighted by atomic mass is 35.5. The van der Waals surface area contributed by atoms with Gasteiger partial charge in [0.1, 0.15) is 5.60 Å². The molecule has 4 fully saturated rings. The zero-order valence-electron chi connectivity index (χ0n) is 15.7. The lowest BCUT2D eigenvalue weighted by molar-refractivity contribution is -0.0974. The molecule has 0 aromatic carbocycles. The fraction of sp³-hybridized carbons (Fsp3) is 0.800. The molecular weight excluding hydrogens is 403 g/mol. The molecule has 0 radical (unpaired) electrons. The molecule has 1 aromatic rings. The molecule has 4 saturated heterocycles. The molecule has 5 aliphatic rings. The predicted octanol–water partition coefficient (Wildman–Crippen LogP) is 3.22. The van der Waals surface area contributed by atoms with Crippen LogP contribution >= 0.6 is 36.2 Å². The van der Waals surface area contributed by atoms with E-state index in [-0.39, 0.29) is 36.0 Å². The Kier molecular flexibility index (Phi) is 5.61. The number of piperidine rings is 1. The Hall–Kier alpha value is 0.120. The molecule has 0 amide bonds. The fourth-order valence-electron chi connectivity index (χ4n) is 6.43.